The van der Waals surface area contributed by atoms with E-state index >= 15 is 0 Å². The van der Waals surface area contributed by atoms with E-state index in [9.17, 15) is 0 Å². The van der Waals surface area contributed by atoms with Gasteiger partial charge in [-0.25, -0.2) is 0 Å². The van der Waals surface area contributed by atoms with E-state index in [-0.39, 0.29) is 6.04 Å². The average Bonchev–Trinajstić information content (AvgIpc) is 2.41. The third-order valence-electron chi connectivity index (χ3n) is 2.26. The minimum Gasteiger partial charge on any atom is -0.469 e. The fourth-order valence-electron chi connectivity index (χ4n) is 1.54. The molecule has 2 N–H and O–H groups in total. The van der Waals surface area contributed by atoms with Crippen LogP contribution in [0.2, 0.25) is 0 Å². The van der Waals surface area contributed by atoms with Crippen LogP contribution >= 0.6 is 0 Å². The maximum atomic E-state index is 5.87. The Hall–Kier alpha value is -0.760. The topological polar surface area (TPSA) is 39.2 Å². The summed E-state index contributed by atoms with van der Waals surface area (Å²) in [4.78, 5) is 0. The normalized spacial score (nSPS) is 30.6. The molecule has 0 radical (unpaired) electrons. The Kier molecular flexibility index (Phi) is 1.11. The van der Waals surface area contributed by atoms with Crippen molar-refractivity contribution in [2.45, 2.75) is 19.4 Å². The second-order valence-corrected chi connectivity index (χ2v) is 3.01. The van der Waals surface area contributed by atoms with Crippen LogP contribution in [0.15, 0.2) is 16.7 Å². The van der Waals surface area contributed by atoms with Gasteiger partial charge >= 0.3 is 0 Å². The third-order valence-corrected chi connectivity index (χ3v) is 2.26. The van der Waals surface area contributed by atoms with Crippen molar-refractivity contribution in [1.29, 1.82) is 0 Å². The Morgan fingerprint density at radius 2 is 2.50 bits per heavy atom. The Morgan fingerprint density at radius 3 is 3.20 bits per heavy atom. The van der Waals surface area contributed by atoms with Crippen molar-refractivity contribution >= 4 is 0 Å². The maximum absolute atomic E-state index is 5.87. The Balaban J connectivity index is 2.43. The van der Waals surface area contributed by atoms with Crippen LogP contribution in [0.1, 0.15) is 24.3 Å². The number of rotatable bonds is 0. The molecule has 0 saturated heterocycles. The molecule has 1 aromatic heterocycles. The molecule has 0 bridgehead atoms. The predicted octanol–water partition coefficient (Wildman–Crippen LogP) is 1.47. The molecule has 54 valence electrons. The van der Waals surface area contributed by atoms with Gasteiger partial charge in [-0.15, -0.1) is 0 Å². The van der Waals surface area contributed by atoms with Gasteiger partial charge < -0.3 is 10.2 Å². The monoisotopic (exact) mass is 137 g/mol. The summed E-state index contributed by atoms with van der Waals surface area (Å²) in [5.41, 5.74) is 7.08. The molecule has 0 aromatic carbocycles. The van der Waals surface area contributed by atoms with Crippen LogP contribution in [-0.2, 0) is 6.42 Å². The zero-order chi connectivity index (χ0) is 7.14. The van der Waals surface area contributed by atoms with Gasteiger partial charge in [-0.3, -0.25) is 0 Å². The van der Waals surface area contributed by atoms with Crippen molar-refractivity contribution in [3.05, 3.63) is 23.7 Å². The van der Waals surface area contributed by atoms with Crippen molar-refractivity contribution in [1.82, 2.24) is 0 Å². The van der Waals surface area contributed by atoms with Gasteiger partial charge in [-0.05, 0) is 12.0 Å². The lowest BCUT2D eigenvalue weighted by molar-refractivity contribution is 0.461. The number of fused-ring (bicyclic) bond motifs is 1. The summed E-state index contributed by atoms with van der Waals surface area (Å²) in [6, 6.07) is 2.18. The summed E-state index contributed by atoms with van der Waals surface area (Å²) in [5, 5.41) is 0. The number of hydrogen-bond donors (Lipinski definition) is 1. The first-order valence-electron chi connectivity index (χ1n) is 3.61. The molecule has 1 heterocycles. The van der Waals surface area contributed by atoms with Gasteiger partial charge in [0, 0.05) is 18.0 Å². The van der Waals surface area contributed by atoms with Crippen LogP contribution in [0.4, 0.5) is 0 Å². The average molecular weight is 137 g/mol. The van der Waals surface area contributed by atoms with E-state index in [4.69, 9.17) is 10.2 Å². The highest BCUT2D eigenvalue weighted by atomic mass is 16.3. The molecule has 1 aromatic rings. The molecule has 0 fully saturated rings. The lowest BCUT2D eigenvalue weighted by Gasteiger charge is -2.07. The SMILES string of the molecule is CC1Cc2occc2C1N. The van der Waals surface area contributed by atoms with Gasteiger partial charge in [0.1, 0.15) is 5.76 Å². The van der Waals surface area contributed by atoms with Crippen LogP contribution in [-0.4, -0.2) is 0 Å². The van der Waals surface area contributed by atoms with Crippen molar-refractivity contribution < 1.29 is 4.42 Å². The van der Waals surface area contributed by atoms with Crippen LogP contribution in [0.5, 0.6) is 0 Å². The van der Waals surface area contributed by atoms with E-state index in [1.165, 1.54) is 5.56 Å². The lowest BCUT2D eigenvalue weighted by atomic mass is 10.1. The highest BCUT2D eigenvalue weighted by Gasteiger charge is 2.28. The van der Waals surface area contributed by atoms with Gasteiger partial charge in [0.05, 0.1) is 6.26 Å². The van der Waals surface area contributed by atoms with Crippen molar-refractivity contribution in [2.24, 2.45) is 11.7 Å². The van der Waals surface area contributed by atoms with E-state index in [0.717, 1.165) is 12.2 Å². The van der Waals surface area contributed by atoms with Gasteiger partial charge in [0.15, 0.2) is 0 Å². The van der Waals surface area contributed by atoms with Crippen molar-refractivity contribution in [2.75, 3.05) is 0 Å². The van der Waals surface area contributed by atoms with Crippen molar-refractivity contribution in [3.63, 3.8) is 0 Å². The number of furan rings is 1. The van der Waals surface area contributed by atoms with Crippen LogP contribution < -0.4 is 5.73 Å². The van der Waals surface area contributed by atoms with Gasteiger partial charge in [-0.1, -0.05) is 6.92 Å². The van der Waals surface area contributed by atoms with Gasteiger partial charge in [0.25, 0.3) is 0 Å². The molecular formula is C8H11NO. The Labute approximate surface area is 60.0 Å². The summed E-state index contributed by atoms with van der Waals surface area (Å²) < 4.78 is 5.24. The fraction of sp³-hybridized carbons (Fsp3) is 0.500. The second kappa shape index (κ2) is 1.86. The third kappa shape index (κ3) is 0.625. The minimum absolute atomic E-state index is 0.203. The van der Waals surface area contributed by atoms with Gasteiger partial charge in [0.2, 0.25) is 0 Å². The highest BCUT2D eigenvalue weighted by Crippen LogP contribution is 2.34. The maximum Gasteiger partial charge on any atom is 0.108 e. The molecule has 2 nitrogen and oxygen atoms in total. The van der Waals surface area contributed by atoms with E-state index in [0.29, 0.717) is 5.92 Å². The van der Waals surface area contributed by atoms with E-state index in [1.54, 1.807) is 6.26 Å². The molecule has 10 heavy (non-hydrogen) atoms. The zero-order valence-corrected chi connectivity index (χ0v) is 6.00. The summed E-state index contributed by atoms with van der Waals surface area (Å²) in [5.74, 6) is 1.63. The lowest BCUT2D eigenvalue weighted by Crippen LogP contribution is -2.13. The second-order valence-electron chi connectivity index (χ2n) is 3.01. The molecule has 0 aliphatic heterocycles. The summed E-state index contributed by atoms with van der Waals surface area (Å²) in [6.45, 7) is 2.15. The number of hydrogen-bond acceptors (Lipinski definition) is 2. The summed E-state index contributed by atoms with van der Waals surface area (Å²) in [7, 11) is 0. The predicted molar refractivity (Wildman–Crippen MR) is 38.5 cm³/mol. The molecule has 2 unspecified atom stereocenters. The first kappa shape index (κ1) is 5.98. The fourth-order valence-corrected chi connectivity index (χ4v) is 1.54. The molecular weight excluding hydrogens is 126 g/mol. The largest absolute Gasteiger partial charge is 0.469 e. The molecule has 0 saturated carbocycles. The molecule has 0 spiro atoms. The number of nitrogens with two attached hydrogens (primary N) is 1. The molecule has 2 heteroatoms. The smallest absolute Gasteiger partial charge is 0.108 e. The molecule has 1 aliphatic rings. The van der Waals surface area contributed by atoms with E-state index in [2.05, 4.69) is 6.92 Å². The van der Waals surface area contributed by atoms with Crippen molar-refractivity contribution in [3.8, 4) is 0 Å². The summed E-state index contributed by atoms with van der Waals surface area (Å²) >= 11 is 0. The molecule has 1 aliphatic carbocycles. The minimum atomic E-state index is 0.203. The zero-order valence-electron chi connectivity index (χ0n) is 6.00. The van der Waals surface area contributed by atoms with E-state index < -0.39 is 0 Å². The molecule has 2 atom stereocenters. The Bertz CT molecular complexity index is 241. The highest BCUT2D eigenvalue weighted by molar-refractivity contribution is 5.27. The first-order valence-corrected chi connectivity index (χ1v) is 3.61. The summed E-state index contributed by atoms with van der Waals surface area (Å²) in [6.07, 6.45) is 2.72. The van der Waals surface area contributed by atoms with Crippen LogP contribution in [0.25, 0.3) is 0 Å². The standard InChI is InChI=1S/C8H11NO/c1-5-4-7-6(8(5)9)2-3-10-7/h2-3,5,8H,4,9H2,1H3. The quantitative estimate of drug-likeness (QED) is 0.588. The first-order chi connectivity index (χ1) is 4.79. The van der Waals surface area contributed by atoms with Crippen LogP contribution in [0, 0.1) is 5.92 Å². The van der Waals surface area contributed by atoms with Gasteiger partial charge in [-0.2, -0.15) is 0 Å². The van der Waals surface area contributed by atoms with Crippen LogP contribution in [0.3, 0.4) is 0 Å². The molecule has 0 amide bonds. The Morgan fingerprint density at radius 1 is 1.70 bits per heavy atom. The molecule has 2 rings (SSSR count). The van der Waals surface area contributed by atoms with E-state index in [1.807, 2.05) is 6.07 Å².